The lowest BCUT2D eigenvalue weighted by Gasteiger charge is -2.37. The number of fused-ring (bicyclic) bond motifs is 1. The predicted octanol–water partition coefficient (Wildman–Crippen LogP) is 2.06. The molecule has 104 valence electrons. The molecule has 0 bridgehead atoms. The molecule has 1 aliphatic carbocycles. The number of pyridine rings is 1. The molecule has 2 aliphatic rings. The molecule has 0 radical (unpaired) electrons. The van der Waals surface area contributed by atoms with Gasteiger partial charge >= 0.3 is 0 Å². The first kappa shape index (κ1) is 13.3. The summed E-state index contributed by atoms with van der Waals surface area (Å²) in [5, 5.41) is 0. The molecule has 0 aromatic carbocycles. The van der Waals surface area contributed by atoms with Gasteiger partial charge in [-0.3, -0.25) is 4.79 Å². The molecule has 3 rings (SSSR count). The van der Waals surface area contributed by atoms with Crippen molar-refractivity contribution in [1.82, 2.24) is 4.57 Å². The molecular formula is C15H21NO2S. The van der Waals surface area contributed by atoms with E-state index < -0.39 is 0 Å². The summed E-state index contributed by atoms with van der Waals surface area (Å²) in [5.74, 6) is 0.826. The Morgan fingerprint density at radius 1 is 1.26 bits per heavy atom. The monoisotopic (exact) mass is 279 g/mol. The van der Waals surface area contributed by atoms with Crippen LogP contribution >= 0.6 is 12.6 Å². The lowest BCUT2D eigenvalue weighted by molar-refractivity contribution is 0.0174. The number of nitrogens with zero attached hydrogens (tertiary/aromatic N) is 1. The van der Waals surface area contributed by atoms with E-state index in [4.69, 9.17) is 4.74 Å². The van der Waals surface area contributed by atoms with Gasteiger partial charge in [-0.15, -0.1) is 0 Å². The normalized spacial score (nSPS) is 21.3. The van der Waals surface area contributed by atoms with Crippen molar-refractivity contribution in [2.24, 2.45) is 5.41 Å². The predicted molar refractivity (Wildman–Crippen MR) is 79.1 cm³/mol. The van der Waals surface area contributed by atoms with Crippen LogP contribution in [0.4, 0.5) is 0 Å². The van der Waals surface area contributed by atoms with E-state index in [-0.39, 0.29) is 11.0 Å². The Kier molecular flexibility index (Phi) is 3.72. The highest BCUT2D eigenvalue weighted by Gasteiger charge is 2.33. The van der Waals surface area contributed by atoms with Gasteiger partial charge in [0, 0.05) is 36.9 Å². The maximum absolute atomic E-state index is 12.2. The quantitative estimate of drug-likeness (QED) is 0.859. The third-order valence-corrected chi connectivity index (χ3v) is 5.30. The molecule has 0 amide bonds. The number of ether oxygens (including phenoxy) is 1. The minimum Gasteiger partial charge on any atom is -0.381 e. The van der Waals surface area contributed by atoms with E-state index in [2.05, 4.69) is 12.6 Å². The van der Waals surface area contributed by atoms with Crippen molar-refractivity contribution in [2.45, 2.75) is 38.6 Å². The molecule has 0 unspecified atom stereocenters. The highest BCUT2D eigenvalue weighted by atomic mass is 32.1. The minimum absolute atomic E-state index is 0.128. The third-order valence-electron chi connectivity index (χ3n) is 4.63. The maximum atomic E-state index is 12.2. The molecule has 1 aliphatic heterocycles. The molecule has 1 fully saturated rings. The Hall–Kier alpha value is -0.740. The third kappa shape index (κ3) is 2.48. The van der Waals surface area contributed by atoms with Crippen LogP contribution in [0.2, 0.25) is 0 Å². The summed E-state index contributed by atoms with van der Waals surface area (Å²) >= 11 is 4.55. The van der Waals surface area contributed by atoms with E-state index in [0.717, 1.165) is 51.2 Å². The van der Waals surface area contributed by atoms with Gasteiger partial charge in [-0.2, -0.15) is 12.6 Å². The van der Waals surface area contributed by atoms with Crippen LogP contribution in [-0.4, -0.2) is 23.5 Å². The Labute approximate surface area is 119 Å². The Morgan fingerprint density at radius 3 is 2.79 bits per heavy atom. The lowest BCUT2D eigenvalue weighted by atomic mass is 9.82. The zero-order valence-corrected chi connectivity index (χ0v) is 12.1. The molecule has 1 aromatic heterocycles. The SMILES string of the molecule is O=c1ccc2c(n1CC1(CS)CCOCC1)CCC2. The first-order chi connectivity index (χ1) is 9.24. The molecule has 0 atom stereocenters. The van der Waals surface area contributed by atoms with Gasteiger partial charge in [0.15, 0.2) is 0 Å². The maximum Gasteiger partial charge on any atom is 0.250 e. The van der Waals surface area contributed by atoms with Gasteiger partial charge in [0.1, 0.15) is 0 Å². The average Bonchev–Trinajstić information content (AvgIpc) is 2.92. The van der Waals surface area contributed by atoms with E-state index in [0.29, 0.717) is 0 Å². The molecule has 0 saturated carbocycles. The second-order valence-corrected chi connectivity index (χ2v) is 6.17. The number of rotatable bonds is 3. The highest BCUT2D eigenvalue weighted by Crippen LogP contribution is 2.34. The smallest absolute Gasteiger partial charge is 0.250 e. The van der Waals surface area contributed by atoms with Crippen molar-refractivity contribution in [3.8, 4) is 0 Å². The number of aryl methyl sites for hydroxylation is 1. The van der Waals surface area contributed by atoms with Crippen LogP contribution < -0.4 is 5.56 Å². The van der Waals surface area contributed by atoms with E-state index in [1.54, 1.807) is 6.07 Å². The zero-order valence-electron chi connectivity index (χ0n) is 11.2. The summed E-state index contributed by atoms with van der Waals surface area (Å²) in [5.41, 5.74) is 2.90. The van der Waals surface area contributed by atoms with Crippen molar-refractivity contribution < 1.29 is 4.74 Å². The zero-order chi connectivity index (χ0) is 13.3. The molecule has 2 heterocycles. The number of thiol groups is 1. The van der Waals surface area contributed by atoms with Gasteiger partial charge in [0.2, 0.25) is 0 Å². The molecule has 1 aromatic rings. The number of hydrogen-bond acceptors (Lipinski definition) is 3. The second kappa shape index (κ2) is 5.33. The van der Waals surface area contributed by atoms with E-state index in [9.17, 15) is 4.79 Å². The molecule has 0 spiro atoms. The molecule has 3 nitrogen and oxygen atoms in total. The Morgan fingerprint density at radius 2 is 2.05 bits per heavy atom. The van der Waals surface area contributed by atoms with Gasteiger partial charge in [-0.05, 0) is 43.4 Å². The fraction of sp³-hybridized carbons (Fsp3) is 0.667. The largest absolute Gasteiger partial charge is 0.381 e. The molecule has 19 heavy (non-hydrogen) atoms. The van der Waals surface area contributed by atoms with Crippen molar-refractivity contribution in [3.05, 3.63) is 33.7 Å². The van der Waals surface area contributed by atoms with Crippen molar-refractivity contribution in [1.29, 1.82) is 0 Å². The van der Waals surface area contributed by atoms with Crippen LogP contribution in [0.5, 0.6) is 0 Å². The summed E-state index contributed by atoms with van der Waals surface area (Å²) in [6.45, 7) is 2.40. The Balaban J connectivity index is 1.94. The molecule has 4 heteroatoms. The van der Waals surface area contributed by atoms with Crippen molar-refractivity contribution in [2.75, 3.05) is 19.0 Å². The van der Waals surface area contributed by atoms with Crippen LogP contribution in [0, 0.1) is 5.41 Å². The summed E-state index contributed by atoms with van der Waals surface area (Å²) in [6.07, 6.45) is 5.35. The van der Waals surface area contributed by atoms with E-state index in [1.165, 1.54) is 17.7 Å². The topological polar surface area (TPSA) is 31.2 Å². The highest BCUT2D eigenvalue weighted by molar-refractivity contribution is 7.80. The second-order valence-electron chi connectivity index (χ2n) is 5.85. The van der Waals surface area contributed by atoms with Gasteiger partial charge < -0.3 is 9.30 Å². The summed E-state index contributed by atoms with van der Waals surface area (Å²) in [6, 6.07) is 3.74. The first-order valence-electron chi connectivity index (χ1n) is 7.14. The van der Waals surface area contributed by atoms with Crippen LogP contribution in [0.1, 0.15) is 30.5 Å². The van der Waals surface area contributed by atoms with Gasteiger partial charge in [0.05, 0.1) is 0 Å². The van der Waals surface area contributed by atoms with Crippen LogP contribution in [0.3, 0.4) is 0 Å². The van der Waals surface area contributed by atoms with Gasteiger partial charge in [-0.1, -0.05) is 6.07 Å². The fourth-order valence-electron chi connectivity index (χ4n) is 3.31. The van der Waals surface area contributed by atoms with Gasteiger partial charge in [-0.25, -0.2) is 0 Å². The minimum atomic E-state index is 0.128. The van der Waals surface area contributed by atoms with Crippen molar-refractivity contribution in [3.63, 3.8) is 0 Å². The summed E-state index contributed by atoms with van der Waals surface area (Å²) in [4.78, 5) is 12.2. The van der Waals surface area contributed by atoms with E-state index in [1.807, 2.05) is 10.6 Å². The first-order valence-corrected chi connectivity index (χ1v) is 7.78. The molecule has 0 N–H and O–H groups in total. The molecule has 1 saturated heterocycles. The van der Waals surface area contributed by atoms with Gasteiger partial charge in [0.25, 0.3) is 5.56 Å². The fourth-order valence-corrected chi connectivity index (χ4v) is 3.73. The number of hydrogen-bond donors (Lipinski definition) is 1. The van der Waals surface area contributed by atoms with E-state index >= 15 is 0 Å². The summed E-state index contributed by atoms with van der Waals surface area (Å²) in [7, 11) is 0. The van der Waals surface area contributed by atoms with Crippen LogP contribution in [0.15, 0.2) is 16.9 Å². The average molecular weight is 279 g/mol. The summed E-state index contributed by atoms with van der Waals surface area (Å²) < 4.78 is 7.48. The van der Waals surface area contributed by atoms with Crippen LogP contribution in [-0.2, 0) is 24.1 Å². The Bertz CT molecular complexity index is 517. The lowest BCUT2D eigenvalue weighted by Crippen LogP contribution is -2.39. The number of aromatic nitrogens is 1. The standard InChI is InChI=1S/C15H21NO2S/c17-14-5-4-12-2-1-3-13(12)16(14)10-15(11-19)6-8-18-9-7-15/h4-5,19H,1-3,6-11H2. The molecular weight excluding hydrogens is 258 g/mol. The van der Waals surface area contributed by atoms with Crippen molar-refractivity contribution >= 4 is 12.6 Å². The van der Waals surface area contributed by atoms with Crippen LogP contribution in [0.25, 0.3) is 0 Å².